The summed E-state index contributed by atoms with van der Waals surface area (Å²) < 4.78 is 21.3. The maximum atomic E-state index is 12.6. The second kappa shape index (κ2) is 66.2. The monoisotopic (exact) mass is 1960 g/mol. The average molecular weight is 1960 g/mol. The Balaban J connectivity index is -0.000000335. The number of aliphatic carboxylic acids is 9. The van der Waals surface area contributed by atoms with Gasteiger partial charge >= 0.3 is 53.7 Å². The minimum atomic E-state index is -0.982. The summed E-state index contributed by atoms with van der Waals surface area (Å²) in [4.78, 5) is 152. The van der Waals surface area contributed by atoms with E-state index in [1.54, 1.807) is 43.2 Å². The van der Waals surface area contributed by atoms with Crippen LogP contribution in [0.3, 0.4) is 0 Å². The minimum Gasteiger partial charge on any atom is -0.481 e. The van der Waals surface area contributed by atoms with Crippen LogP contribution in [0.15, 0.2) is 0 Å². The van der Waals surface area contributed by atoms with Gasteiger partial charge in [-0.05, 0) is 83.1 Å². The van der Waals surface area contributed by atoms with Crippen LogP contribution in [0.25, 0.3) is 0 Å². The van der Waals surface area contributed by atoms with Crippen molar-refractivity contribution in [2.75, 3.05) is 236 Å². The largest absolute Gasteiger partial charge is 0.481 e. The third-order valence-electron chi connectivity index (χ3n) is 14.6. The van der Waals surface area contributed by atoms with Crippen LogP contribution in [0.2, 0.25) is 0 Å². The number of carbonyl (C=O) groups is 12. The number of epoxide rings is 1. The summed E-state index contributed by atoms with van der Waals surface area (Å²) in [7, 11) is 0. The maximum Gasteiger partial charge on any atom is 0.320 e. The Morgan fingerprint density at radius 2 is 0.468 bits per heavy atom. The first-order valence-corrected chi connectivity index (χ1v) is 36.0. The van der Waals surface area contributed by atoms with Gasteiger partial charge in [0.2, 0.25) is 0 Å². The molecule has 0 aromatic carbocycles. The molecule has 4 rings (SSSR count). The van der Waals surface area contributed by atoms with Crippen LogP contribution in [0.5, 0.6) is 0 Å². The topological polar surface area (TPSA) is 515 Å². The fourth-order valence-electron chi connectivity index (χ4n) is 10.1. The molecule has 4 aliphatic heterocycles. The molecule has 3 unspecified atom stereocenters. The molecule has 0 aromatic heterocycles. The van der Waals surface area contributed by atoms with Gasteiger partial charge in [-0.3, -0.25) is 111 Å². The number of nitrogens with one attached hydrogen (secondary N) is 1. The summed E-state index contributed by atoms with van der Waals surface area (Å²) in [5.41, 5.74) is -1.65. The summed E-state index contributed by atoms with van der Waals surface area (Å²) in [5, 5.41) is 99.8. The number of nitrogens with zero attached hydrogens (tertiary/aromatic N) is 11. The van der Waals surface area contributed by atoms with Crippen molar-refractivity contribution in [1.82, 2.24) is 59.2 Å². The van der Waals surface area contributed by atoms with Gasteiger partial charge in [0.15, 0.2) is 0 Å². The van der Waals surface area contributed by atoms with Gasteiger partial charge in [0.1, 0.15) is 16.8 Å². The number of ether oxygens (including phenoxy) is 4. The molecule has 3 atom stereocenters. The molecule has 42 heteroatoms. The fraction of sp³-hybridized carbons (Fsp3) is 0.826. The molecule has 12 N–H and O–H groups in total. The van der Waals surface area contributed by atoms with Crippen molar-refractivity contribution < 1.29 is 213 Å². The van der Waals surface area contributed by atoms with Crippen LogP contribution in [-0.2, 0) is 76.5 Å². The van der Waals surface area contributed by atoms with Crippen LogP contribution >= 0.6 is 17.0 Å². The molecule has 0 aromatic rings. The van der Waals surface area contributed by atoms with E-state index in [1.165, 1.54) is 0 Å². The minimum absolute atomic E-state index is 0. The number of halogens is 1. The predicted molar refractivity (Wildman–Crippen MR) is 406 cm³/mol. The quantitative estimate of drug-likeness (QED) is 0.0332. The molecule has 0 radical (unpaired) electrons. The molecule has 0 aliphatic carbocycles. The number of carboxylic acids is 9. The summed E-state index contributed by atoms with van der Waals surface area (Å²) in [6.45, 7) is 38.7. The Morgan fingerprint density at radius 3 is 0.595 bits per heavy atom. The SMILES string of the molecule is Br.CC(=O)O.CC(=O)O.CC(=O)O.CC(C)(C)OC(=O)CN1CCNCCN(CC(=O)OC(C)(C)C)CCN(CC(=O)OC(C)(C)C)CC1.CC(O)CN1CCN(CC(=O)O)CCN(CC(=O)O)CCN(CC(=O)O)CC1.CC(O)CN1CCN(CC(=O)O)CCN(CC(=O)O)CCN(CC(=O)O)CC1.CC1CO1.[Gd].[Gd]. The van der Waals surface area contributed by atoms with Gasteiger partial charge in [0.25, 0.3) is 17.9 Å². The van der Waals surface area contributed by atoms with Crippen molar-refractivity contribution in [1.29, 1.82) is 0 Å². The second-order valence-corrected chi connectivity index (χ2v) is 29.4. The van der Waals surface area contributed by atoms with E-state index in [2.05, 4.69) is 12.2 Å². The summed E-state index contributed by atoms with van der Waals surface area (Å²) in [5.74, 6) is -9.10. The van der Waals surface area contributed by atoms with Gasteiger partial charge in [-0.2, -0.15) is 0 Å². The smallest absolute Gasteiger partial charge is 0.320 e. The number of hydrogen-bond acceptors (Lipinski definition) is 30. The Bertz CT molecular complexity index is 2410. The first-order valence-electron chi connectivity index (χ1n) is 36.0. The van der Waals surface area contributed by atoms with Crippen LogP contribution in [-0.4, -0.2) is 452 Å². The fourth-order valence-corrected chi connectivity index (χ4v) is 10.1. The van der Waals surface area contributed by atoms with E-state index in [0.29, 0.717) is 176 Å². The Kier molecular flexibility index (Phi) is 70.4. The zero-order chi connectivity index (χ0) is 83.5. The number of carboxylic acid groups (broad SMARTS) is 9. The van der Waals surface area contributed by atoms with E-state index in [1.807, 2.05) is 86.8 Å². The molecule has 39 nitrogen and oxygen atoms in total. The van der Waals surface area contributed by atoms with E-state index in [0.717, 1.165) is 27.4 Å². The number of hydrogen-bond donors (Lipinski definition) is 12. The van der Waals surface area contributed by atoms with Gasteiger partial charge in [0.05, 0.1) is 83.8 Å². The van der Waals surface area contributed by atoms with E-state index in [9.17, 15) is 53.4 Å². The zero-order valence-corrected chi connectivity index (χ0v) is 73.9. The number of rotatable bonds is 22. The van der Waals surface area contributed by atoms with Gasteiger partial charge < -0.3 is 80.4 Å². The van der Waals surface area contributed by atoms with E-state index in [4.69, 9.17) is 79.3 Å². The van der Waals surface area contributed by atoms with Crippen molar-refractivity contribution in [3.8, 4) is 0 Å². The summed E-state index contributed by atoms with van der Waals surface area (Å²) in [6, 6.07) is 0. The van der Waals surface area contributed by atoms with Crippen molar-refractivity contribution in [2.45, 2.75) is 139 Å². The molecule has 0 spiro atoms. The first-order chi connectivity index (χ1) is 49.8. The standard InChI is InChI=1S/C26H50N4O6.2C17H32N4O7.C3H6O.3C2H4O2.BrH.2Gd/c1-24(2,3)34-21(31)18-28-12-10-27-11-13-29(19-22(32)35-25(4,5)6)15-17-30(16-14-28)20-23(33)36-26(7,8)9;2*1-14(22)10-18-2-4-19(11-15(23)24)6-8-21(13-17(27)28)9-7-20(5-3-18)12-16(25)26;1-3-2-4-3;3*1-2(3)4;;;/h27H,10-20H2,1-9H3;2*14,22H,2-13H2,1H3,(H,23,24)(H,25,26)(H,27,28);3H,2H2,1H3;3*1H3,(H,3,4);1H;;. The van der Waals surface area contributed by atoms with Gasteiger partial charge in [0, 0.05) is 271 Å². The van der Waals surface area contributed by atoms with Crippen LogP contribution in [0.4, 0.5) is 0 Å². The van der Waals surface area contributed by atoms with Crippen LogP contribution < -0.4 is 5.32 Å². The summed E-state index contributed by atoms with van der Waals surface area (Å²) in [6.07, 6.45) is -0.528. The molecule has 0 amide bonds. The normalized spacial score (nSPS) is 18.6. The first kappa shape index (κ1) is 118. The molecule has 0 bridgehead atoms. The molecular weight excluding hydrogens is 1820 g/mol. The average Bonchev–Trinajstić information content (AvgIpc) is 1.56. The Hall–Kier alpha value is -3.83. The number of aliphatic hydroxyl groups excluding tert-OH is 2. The van der Waals surface area contributed by atoms with Crippen molar-refractivity contribution in [2.24, 2.45) is 0 Å². The number of aliphatic hydroxyl groups is 2. The molecule has 4 fully saturated rings. The van der Waals surface area contributed by atoms with E-state index < -0.39 is 82.7 Å². The molecule has 4 heterocycles. The van der Waals surface area contributed by atoms with Crippen LogP contribution in [0.1, 0.15) is 104 Å². The molecule has 4 saturated heterocycles. The number of β-amino-alcohol motifs (C(OH)–C–C–N with tert-alkyl or cyclic N) is 2. The third kappa shape index (κ3) is 85.4. The molecular formula is C69H133BrGd2N12O27. The molecule has 4 aliphatic rings. The van der Waals surface area contributed by atoms with Crippen LogP contribution in [0, 0.1) is 79.9 Å². The van der Waals surface area contributed by atoms with Crippen molar-refractivity contribution >= 4 is 88.6 Å². The Labute approximate surface area is 728 Å². The number of carbonyl (C=O) groups excluding carboxylic acids is 3. The van der Waals surface area contributed by atoms with E-state index in [-0.39, 0.29) is 174 Å². The summed E-state index contributed by atoms with van der Waals surface area (Å²) >= 11 is 0. The van der Waals surface area contributed by atoms with Gasteiger partial charge in [-0.1, -0.05) is 0 Å². The Morgan fingerprint density at radius 1 is 0.333 bits per heavy atom. The molecule has 111 heavy (non-hydrogen) atoms. The second-order valence-electron chi connectivity index (χ2n) is 29.4. The predicted octanol–water partition coefficient (Wildman–Crippen LogP) is -1.54. The zero-order valence-electron chi connectivity index (χ0n) is 67.7. The molecule has 654 valence electrons. The van der Waals surface area contributed by atoms with Gasteiger partial charge in [-0.25, -0.2) is 0 Å². The maximum absolute atomic E-state index is 12.6. The van der Waals surface area contributed by atoms with Crippen molar-refractivity contribution in [3.05, 3.63) is 0 Å². The molecule has 0 saturated carbocycles. The third-order valence-corrected chi connectivity index (χ3v) is 14.6. The number of esters is 3. The van der Waals surface area contributed by atoms with Crippen molar-refractivity contribution in [3.63, 3.8) is 0 Å². The van der Waals surface area contributed by atoms with E-state index >= 15 is 0 Å². The van der Waals surface area contributed by atoms with Gasteiger partial charge in [-0.15, -0.1) is 17.0 Å².